The number of H-pyrrole nitrogens is 1. The van der Waals surface area contributed by atoms with Crippen molar-refractivity contribution in [3.05, 3.63) is 64.8 Å². The van der Waals surface area contributed by atoms with Crippen molar-refractivity contribution in [2.45, 2.75) is 6.92 Å². The van der Waals surface area contributed by atoms with Crippen LogP contribution in [0.2, 0.25) is 0 Å². The summed E-state index contributed by atoms with van der Waals surface area (Å²) in [6.07, 6.45) is 2.85. The van der Waals surface area contributed by atoms with Gasteiger partial charge in [0.05, 0.1) is 35.5 Å². The molecule has 0 atom stereocenters. The van der Waals surface area contributed by atoms with Gasteiger partial charge in [-0.25, -0.2) is 4.98 Å². The van der Waals surface area contributed by atoms with Crippen molar-refractivity contribution >= 4 is 10.9 Å². The zero-order valence-electron chi connectivity index (χ0n) is 14.2. The van der Waals surface area contributed by atoms with E-state index in [1.807, 2.05) is 31.2 Å². The van der Waals surface area contributed by atoms with Gasteiger partial charge in [0.2, 0.25) is 5.43 Å². The highest BCUT2D eigenvalue weighted by Gasteiger charge is 2.17. The van der Waals surface area contributed by atoms with E-state index in [0.717, 1.165) is 11.1 Å². The number of rotatable bonds is 3. The number of benzene rings is 2. The molecule has 2 N–H and O–H groups in total. The van der Waals surface area contributed by atoms with Crippen LogP contribution < -0.4 is 10.2 Å². The highest BCUT2D eigenvalue weighted by atomic mass is 16.5. The van der Waals surface area contributed by atoms with Crippen LogP contribution in [0.15, 0.2) is 58.2 Å². The molecule has 4 aromatic rings. The first kappa shape index (κ1) is 16.0. The molecule has 0 saturated carbocycles. The summed E-state index contributed by atoms with van der Waals surface area (Å²) < 4.78 is 10.8. The lowest BCUT2D eigenvalue weighted by atomic mass is 10.0. The van der Waals surface area contributed by atoms with Gasteiger partial charge in [-0.2, -0.15) is 0 Å². The predicted molar refractivity (Wildman–Crippen MR) is 98.5 cm³/mol. The van der Waals surface area contributed by atoms with Crippen molar-refractivity contribution in [2.75, 3.05) is 7.11 Å². The van der Waals surface area contributed by atoms with E-state index >= 15 is 0 Å². The Balaban J connectivity index is 1.99. The lowest BCUT2D eigenvalue weighted by molar-refractivity contribution is 0.415. The normalized spacial score (nSPS) is 11.0. The second kappa shape index (κ2) is 6.07. The van der Waals surface area contributed by atoms with Crippen LogP contribution in [-0.4, -0.2) is 22.2 Å². The summed E-state index contributed by atoms with van der Waals surface area (Å²) in [4.78, 5) is 19.8. The fourth-order valence-corrected chi connectivity index (χ4v) is 2.95. The molecule has 0 aliphatic heterocycles. The summed E-state index contributed by atoms with van der Waals surface area (Å²) in [6, 6.07) is 10.9. The van der Waals surface area contributed by atoms with Gasteiger partial charge >= 0.3 is 0 Å². The van der Waals surface area contributed by atoms with Crippen LogP contribution in [0, 0.1) is 6.92 Å². The number of pyridine rings is 1. The molecule has 6 nitrogen and oxygen atoms in total. The Kier molecular flexibility index (Phi) is 3.73. The number of aromatic nitrogens is 2. The van der Waals surface area contributed by atoms with Crippen molar-refractivity contribution in [1.82, 2.24) is 9.97 Å². The second-order valence-electron chi connectivity index (χ2n) is 6.01. The topological polar surface area (TPSA) is 88.4 Å². The van der Waals surface area contributed by atoms with Crippen LogP contribution in [-0.2, 0) is 0 Å². The average Bonchev–Trinajstić information content (AvgIpc) is 3.19. The summed E-state index contributed by atoms with van der Waals surface area (Å²) >= 11 is 0. The van der Waals surface area contributed by atoms with Crippen LogP contribution in [0.3, 0.4) is 0 Å². The number of nitrogens with one attached hydrogen (secondary N) is 1. The molecule has 130 valence electrons. The summed E-state index contributed by atoms with van der Waals surface area (Å²) in [7, 11) is 1.54. The number of hydrogen-bond acceptors (Lipinski definition) is 5. The molecule has 0 saturated heterocycles. The molecular weight excluding hydrogens is 332 g/mol. The number of methoxy groups -OCH3 is 1. The van der Waals surface area contributed by atoms with Crippen molar-refractivity contribution < 1.29 is 14.3 Å². The third-order valence-electron chi connectivity index (χ3n) is 4.33. The predicted octanol–water partition coefficient (Wildman–Crippen LogP) is 3.87. The highest BCUT2D eigenvalue weighted by Crippen LogP contribution is 2.35. The van der Waals surface area contributed by atoms with Crippen molar-refractivity contribution in [2.24, 2.45) is 0 Å². The molecule has 6 heteroatoms. The monoisotopic (exact) mass is 348 g/mol. The highest BCUT2D eigenvalue weighted by molar-refractivity contribution is 5.90. The molecule has 4 rings (SSSR count). The van der Waals surface area contributed by atoms with E-state index in [0.29, 0.717) is 33.7 Å². The van der Waals surface area contributed by atoms with Crippen molar-refractivity contribution in [1.29, 1.82) is 0 Å². The first-order valence-corrected chi connectivity index (χ1v) is 8.01. The summed E-state index contributed by atoms with van der Waals surface area (Å²) in [6.45, 7) is 1.97. The Hall–Kier alpha value is -3.54. The van der Waals surface area contributed by atoms with Crippen LogP contribution in [0.4, 0.5) is 0 Å². The maximum Gasteiger partial charge on any atom is 0.231 e. The number of ether oxygens (including phenoxy) is 1. The molecule has 0 radical (unpaired) electrons. The van der Waals surface area contributed by atoms with Crippen molar-refractivity contribution in [3.8, 4) is 34.1 Å². The van der Waals surface area contributed by atoms with Gasteiger partial charge in [-0.05, 0) is 13.0 Å². The van der Waals surface area contributed by atoms with E-state index in [1.54, 1.807) is 25.4 Å². The number of aromatic amines is 1. The van der Waals surface area contributed by atoms with E-state index < -0.39 is 5.43 Å². The molecule has 26 heavy (non-hydrogen) atoms. The van der Waals surface area contributed by atoms with Gasteiger partial charge in [0.25, 0.3) is 0 Å². The summed E-state index contributed by atoms with van der Waals surface area (Å²) in [5.41, 5.74) is 2.88. The van der Waals surface area contributed by atoms with Crippen LogP contribution in [0.1, 0.15) is 5.56 Å². The molecule has 2 aromatic carbocycles. The second-order valence-corrected chi connectivity index (χ2v) is 6.01. The molecule has 0 amide bonds. The first-order valence-electron chi connectivity index (χ1n) is 8.01. The largest absolute Gasteiger partial charge is 0.503 e. The Morgan fingerprint density at radius 1 is 1.19 bits per heavy atom. The molecule has 2 heterocycles. The molecule has 0 bridgehead atoms. The van der Waals surface area contributed by atoms with Crippen molar-refractivity contribution in [3.63, 3.8) is 0 Å². The standard InChI is InChI=1S/C20H16N2O4/c1-11-3-5-12(6-4-11)18-20(24)19(23)13-7-14(17-9-21-10-26-17)16(25-2)8-15(13)22-18/h3-10,24H,1-2H3,(H,22,23). The molecular formula is C20H16N2O4. The van der Waals surface area contributed by atoms with Gasteiger partial charge in [-0.3, -0.25) is 4.79 Å². The van der Waals surface area contributed by atoms with Gasteiger partial charge in [-0.1, -0.05) is 29.8 Å². The Morgan fingerprint density at radius 3 is 2.62 bits per heavy atom. The fourth-order valence-electron chi connectivity index (χ4n) is 2.95. The Morgan fingerprint density at radius 2 is 1.96 bits per heavy atom. The molecule has 0 fully saturated rings. The average molecular weight is 348 g/mol. The smallest absolute Gasteiger partial charge is 0.231 e. The van der Waals surface area contributed by atoms with E-state index in [2.05, 4.69) is 9.97 Å². The molecule has 0 aliphatic rings. The number of aromatic hydroxyl groups is 1. The molecule has 2 aromatic heterocycles. The molecule has 0 unspecified atom stereocenters. The van der Waals surface area contributed by atoms with Gasteiger partial charge in [-0.15, -0.1) is 0 Å². The lowest BCUT2D eigenvalue weighted by Gasteiger charge is -2.11. The summed E-state index contributed by atoms with van der Waals surface area (Å²) in [5.74, 6) is 0.686. The third-order valence-corrected chi connectivity index (χ3v) is 4.33. The van der Waals surface area contributed by atoms with E-state index in [9.17, 15) is 9.90 Å². The molecule has 0 aliphatic carbocycles. The van der Waals surface area contributed by atoms with E-state index in [4.69, 9.17) is 9.15 Å². The van der Waals surface area contributed by atoms with Gasteiger partial charge in [0.1, 0.15) is 5.75 Å². The number of hydrogen-bond donors (Lipinski definition) is 2. The quantitative estimate of drug-likeness (QED) is 0.587. The fraction of sp³-hybridized carbons (Fsp3) is 0.100. The lowest BCUT2D eigenvalue weighted by Crippen LogP contribution is -2.06. The zero-order valence-corrected chi connectivity index (χ0v) is 14.2. The minimum absolute atomic E-state index is 0.324. The van der Waals surface area contributed by atoms with Crippen LogP contribution in [0.25, 0.3) is 33.5 Å². The van der Waals surface area contributed by atoms with Crippen LogP contribution >= 0.6 is 0 Å². The minimum atomic E-state index is -0.460. The third kappa shape index (κ3) is 2.52. The zero-order chi connectivity index (χ0) is 18.3. The number of nitrogens with zero attached hydrogens (tertiary/aromatic N) is 1. The minimum Gasteiger partial charge on any atom is -0.503 e. The maximum atomic E-state index is 12.8. The number of aryl methyl sites for hydroxylation is 1. The van der Waals surface area contributed by atoms with E-state index in [-0.39, 0.29) is 5.75 Å². The number of oxazole rings is 1. The Bertz CT molecular complexity index is 1140. The first-order chi connectivity index (χ1) is 12.6. The van der Waals surface area contributed by atoms with E-state index in [1.165, 1.54) is 6.39 Å². The van der Waals surface area contributed by atoms with Gasteiger partial charge in [0, 0.05) is 11.6 Å². The molecule has 0 spiro atoms. The van der Waals surface area contributed by atoms with Gasteiger partial charge < -0.3 is 19.2 Å². The Labute approximate surface area is 148 Å². The number of fused-ring (bicyclic) bond motifs is 1. The van der Waals surface area contributed by atoms with Gasteiger partial charge in [0.15, 0.2) is 17.9 Å². The summed E-state index contributed by atoms with van der Waals surface area (Å²) in [5, 5.41) is 10.8. The SMILES string of the molecule is COc1cc2[nH]c(-c3ccc(C)cc3)c(O)c(=O)c2cc1-c1cnco1. The van der Waals surface area contributed by atoms with Crippen LogP contribution in [0.5, 0.6) is 11.5 Å². The maximum absolute atomic E-state index is 12.8.